The summed E-state index contributed by atoms with van der Waals surface area (Å²) < 4.78 is 2.34. The van der Waals surface area contributed by atoms with E-state index in [9.17, 15) is 0 Å². The summed E-state index contributed by atoms with van der Waals surface area (Å²) in [6, 6.07) is 29.6. The van der Waals surface area contributed by atoms with Gasteiger partial charge in [-0.1, -0.05) is 54.6 Å². The predicted octanol–water partition coefficient (Wildman–Crippen LogP) is 5.17. The lowest BCUT2D eigenvalue weighted by Crippen LogP contribution is -2.27. The van der Waals surface area contributed by atoms with Crippen molar-refractivity contribution in [3.8, 4) is 6.07 Å². The summed E-state index contributed by atoms with van der Waals surface area (Å²) in [6.07, 6.45) is 0.506. The van der Waals surface area contributed by atoms with Crippen LogP contribution in [0.1, 0.15) is 6.42 Å². The van der Waals surface area contributed by atoms with Crippen LogP contribution in [0, 0.1) is 11.3 Å². The van der Waals surface area contributed by atoms with E-state index in [0.717, 1.165) is 12.4 Å². The third kappa shape index (κ3) is 2.83. The number of nitriles is 1. The van der Waals surface area contributed by atoms with E-state index in [1.165, 1.54) is 21.8 Å². The number of aromatic nitrogens is 1. The Morgan fingerprint density at radius 2 is 1.32 bits per heavy atom. The second-order valence-corrected chi connectivity index (χ2v) is 6.11. The van der Waals surface area contributed by atoms with Crippen molar-refractivity contribution >= 4 is 27.5 Å². The molecule has 122 valence electrons. The SMILES string of the molecule is N#CCCN(Cn1c2ccccc2c2ccccc21)c1ccccc1. The molecule has 0 bridgehead atoms. The van der Waals surface area contributed by atoms with Crippen LogP contribution in [0.2, 0.25) is 0 Å². The van der Waals surface area contributed by atoms with E-state index in [4.69, 9.17) is 5.26 Å². The van der Waals surface area contributed by atoms with Crippen molar-refractivity contribution in [1.82, 2.24) is 4.57 Å². The van der Waals surface area contributed by atoms with Crippen molar-refractivity contribution in [2.75, 3.05) is 11.4 Å². The van der Waals surface area contributed by atoms with E-state index in [2.05, 4.69) is 76.2 Å². The van der Waals surface area contributed by atoms with Gasteiger partial charge in [0.1, 0.15) is 0 Å². The summed E-state index contributed by atoms with van der Waals surface area (Å²) in [7, 11) is 0. The minimum absolute atomic E-state index is 0.506. The molecule has 3 nitrogen and oxygen atoms in total. The van der Waals surface area contributed by atoms with Crippen LogP contribution < -0.4 is 4.90 Å². The fourth-order valence-electron chi connectivity index (χ4n) is 3.43. The number of anilines is 1. The summed E-state index contributed by atoms with van der Waals surface area (Å²) in [5.41, 5.74) is 3.59. The Hall–Kier alpha value is -3.25. The van der Waals surface area contributed by atoms with Gasteiger partial charge in [-0.3, -0.25) is 0 Å². The lowest BCUT2D eigenvalue weighted by molar-refractivity contribution is 0.673. The lowest BCUT2D eigenvalue weighted by atomic mass is 10.2. The highest BCUT2D eigenvalue weighted by molar-refractivity contribution is 6.08. The highest BCUT2D eigenvalue weighted by Crippen LogP contribution is 2.29. The van der Waals surface area contributed by atoms with E-state index in [1.807, 2.05) is 18.2 Å². The largest absolute Gasteiger partial charge is 0.352 e. The normalized spacial score (nSPS) is 10.8. The van der Waals surface area contributed by atoms with Gasteiger partial charge in [0, 0.05) is 23.0 Å². The quantitative estimate of drug-likeness (QED) is 0.507. The second kappa shape index (κ2) is 6.70. The van der Waals surface area contributed by atoms with Gasteiger partial charge in [0.05, 0.1) is 30.2 Å². The van der Waals surface area contributed by atoms with Crippen LogP contribution in [-0.2, 0) is 6.67 Å². The maximum absolute atomic E-state index is 9.05. The molecule has 0 spiro atoms. The second-order valence-electron chi connectivity index (χ2n) is 6.11. The smallest absolute Gasteiger partial charge is 0.0952 e. The maximum atomic E-state index is 9.05. The zero-order valence-corrected chi connectivity index (χ0v) is 14.0. The van der Waals surface area contributed by atoms with Crippen molar-refractivity contribution in [2.45, 2.75) is 13.1 Å². The van der Waals surface area contributed by atoms with Crippen LogP contribution >= 0.6 is 0 Å². The molecule has 1 heterocycles. The first-order valence-corrected chi connectivity index (χ1v) is 8.51. The van der Waals surface area contributed by atoms with E-state index in [-0.39, 0.29) is 0 Å². The fraction of sp³-hybridized carbons (Fsp3) is 0.136. The fourth-order valence-corrected chi connectivity index (χ4v) is 3.43. The molecular formula is C22H19N3. The minimum atomic E-state index is 0.506. The van der Waals surface area contributed by atoms with Gasteiger partial charge in [0.2, 0.25) is 0 Å². The molecule has 4 aromatic rings. The third-order valence-corrected chi connectivity index (χ3v) is 4.61. The molecule has 0 saturated heterocycles. The summed E-state index contributed by atoms with van der Waals surface area (Å²) >= 11 is 0. The van der Waals surface area contributed by atoms with E-state index >= 15 is 0 Å². The van der Waals surface area contributed by atoms with Crippen LogP contribution in [-0.4, -0.2) is 11.1 Å². The topological polar surface area (TPSA) is 32.0 Å². The van der Waals surface area contributed by atoms with Gasteiger partial charge in [0.15, 0.2) is 0 Å². The van der Waals surface area contributed by atoms with Crippen molar-refractivity contribution in [1.29, 1.82) is 5.26 Å². The van der Waals surface area contributed by atoms with E-state index < -0.39 is 0 Å². The molecule has 0 unspecified atom stereocenters. The molecule has 0 saturated carbocycles. The van der Waals surface area contributed by atoms with Gasteiger partial charge in [-0.05, 0) is 24.3 Å². The van der Waals surface area contributed by atoms with Crippen LogP contribution in [0.15, 0.2) is 78.9 Å². The number of rotatable bonds is 5. The summed E-state index contributed by atoms with van der Waals surface area (Å²) in [4.78, 5) is 2.27. The number of hydrogen-bond acceptors (Lipinski definition) is 2. The van der Waals surface area contributed by atoms with E-state index in [1.54, 1.807) is 0 Å². The molecule has 0 fully saturated rings. The Morgan fingerprint density at radius 1 is 0.760 bits per heavy atom. The molecule has 0 atom stereocenters. The number of benzene rings is 3. The van der Waals surface area contributed by atoms with Gasteiger partial charge in [-0.25, -0.2) is 0 Å². The Labute approximate surface area is 147 Å². The molecule has 25 heavy (non-hydrogen) atoms. The van der Waals surface area contributed by atoms with Gasteiger partial charge in [0.25, 0.3) is 0 Å². The van der Waals surface area contributed by atoms with Crippen molar-refractivity contribution in [3.05, 3.63) is 78.9 Å². The van der Waals surface area contributed by atoms with Crippen LogP contribution in [0.3, 0.4) is 0 Å². The van der Waals surface area contributed by atoms with Crippen LogP contribution in [0.4, 0.5) is 5.69 Å². The Bertz CT molecular complexity index is 988. The number of hydrogen-bond donors (Lipinski definition) is 0. The average Bonchev–Trinajstić information content (AvgIpc) is 3.00. The molecule has 4 rings (SSSR count). The molecule has 0 radical (unpaired) electrons. The van der Waals surface area contributed by atoms with Gasteiger partial charge in [-0.2, -0.15) is 5.26 Å². The van der Waals surface area contributed by atoms with Gasteiger partial charge in [-0.15, -0.1) is 0 Å². The first kappa shape index (κ1) is 15.3. The molecule has 0 amide bonds. The Balaban J connectivity index is 1.83. The monoisotopic (exact) mass is 325 g/mol. The highest BCUT2D eigenvalue weighted by atomic mass is 15.2. The summed E-state index contributed by atoms with van der Waals surface area (Å²) in [5, 5.41) is 11.6. The van der Waals surface area contributed by atoms with Gasteiger partial charge >= 0.3 is 0 Å². The molecule has 0 aliphatic rings. The Morgan fingerprint density at radius 3 is 1.92 bits per heavy atom. The highest BCUT2D eigenvalue weighted by Gasteiger charge is 2.13. The van der Waals surface area contributed by atoms with Crippen molar-refractivity contribution < 1.29 is 0 Å². The summed E-state index contributed by atoms with van der Waals surface area (Å²) in [6.45, 7) is 1.43. The van der Waals surface area contributed by atoms with Gasteiger partial charge < -0.3 is 9.47 Å². The predicted molar refractivity (Wildman–Crippen MR) is 103 cm³/mol. The van der Waals surface area contributed by atoms with E-state index in [0.29, 0.717) is 13.0 Å². The molecule has 3 heteroatoms. The van der Waals surface area contributed by atoms with Crippen molar-refractivity contribution in [3.63, 3.8) is 0 Å². The standard InChI is InChI=1S/C22H19N3/c23-15-8-16-24(18-9-2-1-3-10-18)17-25-21-13-6-4-11-19(21)20-12-5-7-14-22(20)25/h1-7,9-14H,8,16-17H2. The zero-order valence-electron chi connectivity index (χ0n) is 14.0. The van der Waals surface area contributed by atoms with Crippen molar-refractivity contribution in [2.24, 2.45) is 0 Å². The molecular weight excluding hydrogens is 306 g/mol. The maximum Gasteiger partial charge on any atom is 0.0952 e. The van der Waals surface area contributed by atoms with Crippen LogP contribution in [0.5, 0.6) is 0 Å². The van der Waals surface area contributed by atoms with Crippen LogP contribution in [0.25, 0.3) is 21.8 Å². The number of fused-ring (bicyclic) bond motifs is 3. The number of nitrogens with zero attached hydrogens (tertiary/aromatic N) is 3. The average molecular weight is 325 g/mol. The molecule has 1 aromatic heterocycles. The minimum Gasteiger partial charge on any atom is -0.352 e. The first-order valence-electron chi connectivity index (χ1n) is 8.51. The molecule has 3 aromatic carbocycles. The zero-order chi connectivity index (χ0) is 17.1. The number of para-hydroxylation sites is 3. The molecule has 0 aliphatic carbocycles. The molecule has 0 N–H and O–H groups in total. The summed E-state index contributed by atoms with van der Waals surface area (Å²) in [5.74, 6) is 0. The lowest BCUT2D eigenvalue weighted by Gasteiger charge is -2.25. The molecule has 0 aliphatic heterocycles. The Kier molecular flexibility index (Phi) is 4.10. The first-order chi connectivity index (χ1) is 12.4. The third-order valence-electron chi connectivity index (χ3n) is 4.61.